The molecule has 0 heterocycles. The number of nitrogens with one attached hydrogen (secondary N) is 1. The molecule has 0 fully saturated rings. The second-order valence-electron chi connectivity index (χ2n) is 6.40. The summed E-state index contributed by atoms with van der Waals surface area (Å²) in [5, 5.41) is 12.5. The fraction of sp³-hybridized carbons (Fsp3) is 0.444. The number of rotatable bonds is 6. The lowest BCUT2D eigenvalue weighted by molar-refractivity contribution is -0.147. The molecule has 1 amide bonds. The lowest BCUT2D eigenvalue weighted by Crippen LogP contribution is -2.49. The second kappa shape index (κ2) is 9.86. The molecule has 2 atom stereocenters. The smallest absolute Gasteiger partial charge is 0.408 e. The Bertz CT molecular complexity index is 630. The molecular formula is C18H25NO5Si. The first-order chi connectivity index (χ1) is 11.7. The van der Waals surface area contributed by atoms with E-state index in [1.54, 1.807) is 6.92 Å². The van der Waals surface area contributed by atoms with Crippen LogP contribution < -0.4 is 5.32 Å². The van der Waals surface area contributed by atoms with E-state index in [0.29, 0.717) is 0 Å². The number of hydrogen-bond acceptors (Lipinski definition) is 5. The molecule has 0 saturated heterocycles. The number of amides is 1. The highest BCUT2D eigenvalue weighted by Gasteiger charge is 2.29. The van der Waals surface area contributed by atoms with E-state index in [-0.39, 0.29) is 13.2 Å². The average molecular weight is 363 g/mol. The number of hydrogen-bond donors (Lipinski definition) is 2. The first-order valence-corrected chi connectivity index (χ1v) is 11.6. The molecule has 1 aromatic carbocycles. The molecule has 0 saturated carbocycles. The lowest BCUT2D eigenvalue weighted by atomic mass is 10.2. The van der Waals surface area contributed by atoms with E-state index in [9.17, 15) is 14.7 Å². The summed E-state index contributed by atoms with van der Waals surface area (Å²) in [5.41, 5.74) is 3.78. The van der Waals surface area contributed by atoms with Gasteiger partial charge in [-0.1, -0.05) is 55.9 Å². The van der Waals surface area contributed by atoms with E-state index in [0.717, 1.165) is 5.56 Å². The molecule has 0 aliphatic carbocycles. The van der Waals surface area contributed by atoms with E-state index in [1.807, 2.05) is 50.0 Å². The first-order valence-electron chi connectivity index (χ1n) is 8.07. The van der Waals surface area contributed by atoms with Crippen LogP contribution in [-0.2, 0) is 20.9 Å². The fourth-order valence-electron chi connectivity index (χ4n) is 1.76. The Balaban J connectivity index is 2.73. The molecule has 0 radical (unpaired) electrons. The predicted molar refractivity (Wildman–Crippen MR) is 97.3 cm³/mol. The van der Waals surface area contributed by atoms with Crippen LogP contribution in [0.1, 0.15) is 12.5 Å². The molecule has 1 rings (SSSR count). The highest BCUT2D eigenvalue weighted by Crippen LogP contribution is 2.04. The summed E-state index contributed by atoms with van der Waals surface area (Å²) in [4.78, 5) is 24.0. The van der Waals surface area contributed by atoms with Crippen LogP contribution in [0.2, 0.25) is 19.6 Å². The Morgan fingerprint density at radius 1 is 1.20 bits per heavy atom. The van der Waals surface area contributed by atoms with Gasteiger partial charge in [-0.15, -0.1) is 5.54 Å². The number of ether oxygens (including phenoxy) is 2. The molecule has 0 spiro atoms. The summed E-state index contributed by atoms with van der Waals surface area (Å²) in [6.45, 7) is 7.85. The SMILES string of the molecule is CCOC(=O)C(NC(=O)OCc1ccccc1)C(O)C#C[Si](C)(C)C. The molecule has 0 bridgehead atoms. The van der Waals surface area contributed by atoms with Crippen molar-refractivity contribution in [2.75, 3.05) is 6.61 Å². The van der Waals surface area contributed by atoms with Gasteiger partial charge in [0.05, 0.1) is 6.61 Å². The minimum absolute atomic E-state index is 0.0545. The summed E-state index contributed by atoms with van der Waals surface area (Å²) in [7, 11) is -1.74. The van der Waals surface area contributed by atoms with Gasteiger partial charge < -0.3 is 19.9 Å². The molecule has 6 nitrogen and oxygen atoms in total. The van der Waals surface area contributed by atoms with Gasteiger partial charge in [0.15, 0.2) is 6.04 Å². The van der Waals surface area contributed by atoms with E-state index >= 15 is 0 Å². The maximum Gasteiger partial charge on any atom is 0.408 e. The van der Waals surface area contributed by atoms with Crippen LogP contribution >= 0.6 is 0 Å². The van der Waals surface area contributed by atoms with Crippen molar-refractivity contribution in [2.24, 2.45) is 0 Å². The largest absolute Gasteiger partial charge is 0.464 e. The molecule has 25 heavy (non-hydrogen) atoms. The van der Waals surface area contributed by atoms with Crippen molar-refractivity contribution in [3.8, 4) is 11.5 Å². The normalized spacial score (nSPS) is 13.0. The minimum atomic E-state index is -1.74. The number of alkyl carbamates (subject to hydrolysis) is 1. The van der Waals surface area contributed by atoms with Crippen LogP contribution in [0.5, 0.6) is 0 Å². The monoisotopic (exact) mass is 363 g/mol. The zero-order valence-electron chi connectivity index (χ0n) is 15.0. The average Bonchev–Trinajstić information content (AvgIpc) is 2.56. The van der Waals surface area contributed by atoms with E-state index in [2.05, 4.69) is 16.8 Å². The number of benzene rings is 1. The van der Waals surface area contributed by atoms with Crippen molar-refractivity contribution in [1.29, 1.82) is 0 Å². The molecule has 7 heteroatoms. The van der Waals surface area contributed by atoms with Crippen molar-refractivity contribution in [1.82, 2.24) is 5.32 Å². The highest BCUT2D eigenvalue weighted by molar-refractivity contribution is 6.83. The zero-order valence-corrected chi connectivity index (χ0v) is 16.0. The van der Waals surface area contributed by atoms with Crippen LogP contribution in [0.15, 0.2) is 30.3 Å². The maximum atomic E-state index is 12.0. The molecule has 2 N–H and O–H groups in total. The van der Waals surface area contributed by atoms with Gasteiger partial charge in [0.25, 0.3) is 0 Å². The molecule has 136 valence electrons. The Kier molecular flexibility index (Phi) is 8.18. The van der Waals surface area contributed by atoms with E-state index in [1.165, 1.54) is 0 Å². The summed E-state index contributed by atoms with van der Waals surface area (Å²) in [6, 6.07) is 7.83. The van der Waals surface area contributed by atoms with Gasteiger partial charge in [0.2, 0.25) is 0 Å². The number of aliphatic hydroxyl groups is 1. The van der Waals surface area contributed by atoms with Gasteiger partial charge in [-0.3, -0.25) is 0 Å². The van der Waals surface area contributed by atoms with Gasteiger partial charge >= 0.3 is 12.1 Å². The Labute approximate surface area is 149 Å². The molecule has 1 aromatic rings. The van der Waals surface area contributed by atoms with E-state index < -0.39 is 32.3 Å². The van der Waals surface area contributed by atoms with Crippen LogP contribution in [-0.4, -0.2) is 44.0 Å². The first kappa shape index (κ1) is 20.7. The molecular weight excluding hydrogens is 338 g/mol. The summed E-state index contributed by atoms with van der Waals surface area (Å²) in [5.74, 6) is 1.88. The summed E-state index contributed by atoms with van der Waals surface area (Å²) >= 11 is 0. The standard InChI is InChI=1S/C18H25NO5Si/c1-5-23-17(21)16(15(20)11-12-25(2,3)4)19-18(22)24-13-14-9-7-6-8-10-14/h6-10,15-16,20H,5,13H2,1-4H3,(H,19,22). The minimum Gasteiger partial charge on any atom is -0.464 e. The predicted octanol–water partition coefficient (Wildman–Crippen LogP) is 2.09. The van der Waals surface area contributed by atoms with Crippen LogP contribution in [0.25, 0.3) is 0 Å². The molecule has 2 unspecified atom stereocenters. The van der Waals surface area contributed by atoms with Gasteiger partial charge in [-0.25, -0.2) is 9.59 Å². The van der Waals surface area contributed by atoms with Crippen LogP contribution in [0.4, 0.5) is 4.79 Å². The molecule has 0 aliphatic rings. The van der Waals surface area contributed by atoms with Gasteiger partial charge in [-0.05, 0) is 12.5 Å². The van der Waals surface area contributed by atoms with Gasteiger partial charge in [0.1, 0.15) is 20.8 Å². The Hall–Kier alpha value is -2.30. The lowest BCUT2D eigenvalue weighted by Gasteiger charge is -2.19. The van der Waals surface area contributed by atoms with Crippen molar-refractivity contribution in [2.45, 2.75) is 45.3 Å². The fourth-order valence-corrected chi connectivity index (χ4v) is 2.35. The van der Waals surface area contributed by atoms with Gasteiger partial charge in [-0.2, -0.15) is 0 Å². The van der Waals surface area contributed by atoms with Crippen molar-refractivity contribution in [3.05, 3.63) is 35.9 Å². The Morgan fingerprint density at radius 2 is 1.84 bits per heavy atom. The summed E-state index contributed by atoms with van der Waals surface area (Å²) in [6.07, 6.45) is -2.19. The number of aliphatic hydroxyl groups excluding tert-OH is 1. The number of carbonyl (C=O) groups is 2. The highest BCUT2D eigenvalue weighted by atomic mass is 28.3. The third-order valence-electron chi connectivity index (χ3n) is 2.94. The van der Waals surface area contributed by atoms with Crippen LogP contribution in [0, 0.1) is 11.5 Å². The van der Waals surface area contributed by atoms with Crippen molar-refractivity contribution < 1.29 is 24.2 Å². The van der Waals surface area contributed by atoms with Gasteiger partial charge in [0, 0.05) is 0 Å². The van der Waals surface area contributed by atoms with Crippen molar-refractivity contribution >= 4 is 20.1 Å². The third-order valence-corrected chi connectivity index (χ3v) is 3.83. The topological polar surface area (TPSA) is 84.9 Å². The summed E-state index contributed by atoms with van der Waals surface area (Å²) < 4.78 is 9.97. The number of esters is 1. The molecule has 0 aliphatic heterocycles. The Morgan fingerprint density at radius 3 is 2.40 bits per heavy atom. The van der Waals surface area contributed by atoms with Crippen LogP contribution in [0.3, 0.4) is 0 Å². The zero-order chi connectivity index (χ0) is 18.9. The maximum absolute atomic E-state index is 12.0. The number of carbonyl (C=O) groups excluding carboxylic acids is 2. The quantitative estimate of drug-likeness (QED) is 0.459. The molecule has 0 aromatic heterocycles. The second-order valence-corrected chi connectivity index (χ2v) is 11.1. The van der Waals surface area contributed by atoms with Crippen molar-refractivity contribution in [3.63, 3.8) is 0 Å². The third kappa shape index (κ3) is 8.38. The van der Waals surface area contributed by atoms with E-state index in [4.69, 9.17) is 9.47 Å².